The van der Waals surface area contributed by atoms with Crippen LogP contribution in [0.25, 0.3) is 54.6 Å². The summed E-state index contributed by atoms with van der Waals surface area (Å²) < 4.78 is 13.1. The van der Waals surface area contributed by atoms with E-state index in [1.54, 1.807) is 0 Å². The van der Waals surface area contributed by atoms with Crippen molar-refractivity contribution in [2.75, 3.05) is 9.80 Å². The Morgan fingerprint density at radius 3 is 1.52 bits per heavy atom. The number of furan rings is 2. The molecule has 0 saturated carbocycles. The average molecular weight is 643 g/mol. The summed E-state index contributed by atoms with van der Waals surface area (Å²) in [5.74, 6) is 0. The molecule has 4 nitrogen and oxygen atoms in total. The largest absolute Gasteiger partial charge is 0.456 e. The maximum absolute atomic E-state index is 6.72. The number of hydrogen-bond donors (Lipinski definition) is 0. The summed E-state index contributed by atoms with van der Waals surface area (Å²) in [5, 5.41) is 6.73. The van der Waals surface area contributed by atoms with Crippen LogP contribution in [0.2, 0.25) is 0 Å². The molecule has 0 aliphatic heterocycles. The van der Waals surface area contributed by atoms with Gasteiger partial charge in [0.1, 0.15) is 22.3 Å². The highest BCUT2D eigenvalue weighted by molar-refractivity contribution is 6.20. The van der Waals surface area contributed by atoms with E-state index in [0.717, 1.165) is 78.0 Å². The molecule has 0 saturated heterocycles. The molecule has 10 rings (SSSR count). The SMILES string of the molecule is c1ccc(N(c2ccc3c(c2)oc2ccccc23)c2cc3oc4ccc5ccccc5c4c3cc2N(c2ccccc2)c2ccccc2)cc1. The molecule has 2 heterocycles. The van der Waals surface area contributed by atoms with Crippen LogP contribution in [0.3, 0.4) is 0 Å². The quantitative estimate of drug-likeness (QED) is 0.181. The van der Waals surface area contributed by atoms with Crippen molar-refractivity contribution in [3.8, 4) is 0 Å². The molecule has 236 valence electrons. The molecule has 0 aliphatic rings. The van der Waals surface area contributed by atoms with Gasteiger partial charge in [0.2, 0.25) is 0 Å². The van der Waals surface area contributed by atoms with Crippen LogP contribution in [0.15, 0.2) is 191 Å². The first kappa shape index (κ1) is 28.3. The lowest BCUT2D eigenvalue weighted by Crippen LogP contribution is -2.17. The molecule has 0 spiro atoms. The van der Waals surface area contributed by atoms with E-state index in [-0.39, 0.29) is 0 Å². The number of benzene rings is 8. The van der Waals surface area contributed by atoms with Gasteiger partial charge in [0, 0.05) is 56.4 Å². The van der Waals surface area contributed by atoms with Crippen LogP contribution in [0.1, 0.15) is 0 Å². The Labute approximate surface area is 288 Å². The molecule has 0 bridgehead atoms. The first-order valence-electron chi connectivity index (χ1n) is 16.8. The fourth-order valence-corrected chi connectivity index (χ4v) is 7.37. The van der Waals surface area contributed by atoms with Gasteiger partial charge in [-0.15, -0.1) is 0 Å². The third kappa shape index (κ3) is 4.54. The predicted octanol–water partition coefficient (Wildman–Crippen LogP) is 13.6. The summed E-state index contributed by atoms with van der Waals surface area (Å²) in [6, 6.07) is 63.7. The third-order valence-electron chi connectivity index (χ3n) is 9.60. The number of para-hydroxylation sites is 4. The van der Waals surface area contributed by atoms with Crippen molar-refractivity contribution in [3.63, 3.8) is 0 Å². The number of nitrogens with zero attached hydrogens (tertiary/aromatic N) is 2. The molecule has 0 N–H and O–H groups in total. The Morgan fingerprint density at radius 2 is 0.820 bits per heavy atom. The normalized spacial score (nSPS) is 11.6. The van der Waals surface area contributed by atoms with E-state index < -0.39 is 0 Å². The Kier molecular flexibility index (Phi) is 6.46. The molecule has 2 aromatic heterocycles. The van der Waals surface area contributed by atoms with Crippen LogP contribution < -0.4 is 9.80 Å². The Morgan fingerprint density at radius 1 is 0.300 bits per heavy atom. The summed E-state index contributed by atoms with van der Waals surface area (Å²) in [4.78, 5) is 4.65. The molecule has 50 heavy (non-hydrogen) atoms. The van der Waals surface area contributed by atoms with E-state index >= 15 is 0 Å². The summed E-state index contributed by atoms with van der Waals surface area (Å²) in [5.41, 5.74) is 9.49. The highest BCUT2D eigenvalue weighted by Gasteiger charge is 2.26. The van der Waals surface area contributed by atoms with Gasteiger partial charge in [-0.2, -0.15) is 0 Å². The van der Waals surface area contributed by atoms with E-state index in [9.17, 15) is 0 Å². The maximum Gasteiger partial charge on any atom is 0.137 e. The fourth-order valence-electron chi connectivity index (χ4n) is 7.37. The van der Waals surface area contributed by atoms with Gasteiger partial charge in [-0.05, 0) is 77.5 Å². The van der Waals surface area contributed by atoms with Crippen molar-refractivity contribution in [2.45, 2.75) is 0 Å². The first-order valence-corrected chi connectivity index (χ1v) is 16.8. The molecule has 0 atom stereocenters. The van der Waals surface area contributed by atoms with Gasteiger partial charge in [0.05, 0.1) is 11.4 Å². The number of hydrogen-bond acceptors (Lipinski definition) is 4. The van der Waals surface area contributed by atoms with Gasteiger partial charge >= 0.3 is 0 Å². The summed E-state index contributed by atoms with van der Waals surface area (Å²) in [6.45, 7) is 0. The van der Waals surface area contributed by atoms with Gasteiger partial charge in [0.25, 0.3) is 0 Å². The van der Waals surface area contributed by atoms with Crippen molar-refractivity contribution < 1.29 is 8.83 Å². The topological polar surface area (TPSA) is 32.8 Å². The maximum atomic E-state index is 6.72. The smallest absolute Gasteiger partial charge is 0.137 e. The lowest BCUT2D eigenvalue weighted by atomic mass is 10.0. The summed E-state index contributed by atoms with van der Waals surface area (Å²) in [6.07, 6.45) is 0. The van der Waals surface area contributed by atoms with E-state index in [1.807, 2.05) is 12.1 Å². The van der Waals surface area contributed by atoms with Gasteiger partial charge in [-0.25, -0.2) is 0 Å². The van der Waals surface area contributed by atoms with E-state index in [2.05, 4.69) is 180 Å². The van der Waals surface area contributed by atoms with Crippen LogP contribution >= 0.6 is 0 Å². The van der Waals surface area contributed by atoms with E-state index in [0.29, 0.717) is 0 Å². The van der Waals surface area contributed by atoms with Crippen LogP contribution in [0, 0.1) is 0 Å². The van der Waals surface area contributed by atoms with Crippen LogP contribution in [-0.4, -0.2) is 0 Å². The summed E-state index contributed by atoms with van der Waals surface area (Å²) >= 11 is 0. The Balaban J connectivity index is 1.32. The molecule has 0 amide bonds. The minimum absolute atomic E-state index is 0.821. The zero-order valence-corrected chi connectivity index (χ0v) is 27.0. The number of fused-ring (bicyclic) bond motifs is 8. The standard InChI is InChI=1S/C46H30N2O2/c1-4-15-32(16-5-1)47(33-17-6-2-7-18-33)40-29-39-45(50-43-27-24-31-14-10-11-21-36(31)46(39)43)30-41(40)48(34-19-8-3-9-20-34)35-25-26-38-37-22-12-13-23-42(37)49-44(38)28-35/h1-30H. The molecule has 0 aliphatic carbocycles. The van der Waals surface area contributed by atoms with Crippen LogP contribution in [0.5, 0.6) is 0 Å². The van der Waals surface area contributed by atoms with Gasteiger partial charge in [-0.1, -0.05) is 103 Å². The minimum atomic E-state index is 0.821. The van der Waals surface area contributed by atoms with E-state index in [4.69, 9.17) is 8.83 Å². The van der Waals surface area contributed by atoms with Crippen molar-refractivity contribution in [2.24, 2.45) is 0 Å². The Bertz CT molecular complexity index is 2780. The molecular weight excluding hydrogens is 613 g/mol. The molecule has 0 unspecified atom stereocenters. The lowest BCUT2D eigenvalue weighted by Gasteiger charge is -2.33. The third-order valence-corrected chi connectivity index (χ3v) is 9.60. The van der Waals surface area contributed by atoms with Crippen molar-refractivity contribution >= 4 is 88.8 Å². The monoisotopic (exact) mass is 642 g/mol. The number of anilines is 6. The highest BCUT2D eigenvalue weighted by Crippen LogP contribution is 2.49. The second-order valence-corrected chi connectivity index (χ2v) is 12.6. The lowest BCUT2D eigenvalue weighted by molar-refractivity contribution is 0.669. The number of rotatable bonds is 6. The second-order valence-electron chi connectivity index (χ2n) is 12.6. The first-order chi connectivity index (χ1) is 24.8. The molecular formula is C46H30N2O2. The minimum Gasteiger partial charge on any atom is -0.456 e. The van der Waals surface area contributed by atoms with Crippen LogP contribution in [-0.2, 0) is 0 Å². The Hall–Kier alpha value is -6.78. The van der Waals surface area contributed by atoms with Crippen molar-refractivity contribution in [3.05, 3.63) is 182 Å². The van der Waals surface area contributed by atoms with Gasteiger partial charge in [0.15, 0.2) is 0 Å². The predicted molar refractivity (Wildman–Crippen MR) is 208 cm³/mol. The average Bonchev–Trinajstić information content (AvgIpc) is 3.74. The molecule has 8 aromatic carbocycles. The fraction of sp³-hybridized carbons (Fsp3) is 0. The van der Waals surface area contributed by atoms with Crippen molar-refractivity contribution in [1.82, 2.24) is 0 Å². The zero-order chi connectivity index (χ0) is 33.0. The molecule has 0 radical (unpaired) electrons. The second kappa shape index (κ2) is 11.4. The molecule has 0 fully saturated rings. The van der Waals surface area contributed by atoms with Crippen molar-refractivity contribution in [1.29, 1.82) is 0 Å². The highest BCUT2D eigenvalue weighted by atomic mass is 16.3. The van der Waals surface area contributed by atoms with Gasteiger partial charge in [-0.3, -0.25) is 0 Å². The molecule has 4 heteroatoms. The van der Waals surface area contributed by atoms with E-state index in [1.165, 1.54) is 10.8 Å². The summed E-state index contributed by atoms with van der Waals surface area (Å²) in [7, 11) is 0. The zero-order valence-electron chi connectivity index (χ0n) is 27.0. The molecule has 10 aromatic rings. The van der Waals surface area contributed by atoms with Crippen LogP contribution in [0.4, 0.5) is 34.1 Å². The van der Waals surface area contributed by atoms with Gasteiger partial charge < -0.3 is 18.6 Å².